The van der Waals surface area contributed by atoms with Gasteiger partial charge in [0, 0.05) is 42.2 Å². The smallest absolute Gasteiger partial charge is 0.354 e. The van der Waals surface area contributed by atoms with Crippen LogP contribution in [-0.2, 0) is 4.79 Å². The quantitative estimate of drug-likeness (QED) is 0.424. The number of benzene rings is 1. The largest absolute Gasteiger partial charge is 0.389 e. The van der Waals surface area contributed by atoms with Gasteiger partial charge in [0.1, 0.15) is 11.3 Å². The molecule has 2 amide bonds. The minimum Gasteiger partial charge on any atom is -0.354 e. The minimum atomic E-state index is -4.39. The topological polar surface area (TPSA) is 101 Å². The number of hydrogen-bond donors (Lipinski definition) is 2. The first-order valence-corrected chi connectivity index (χ1v) is 10.7. The lowest BCUT2D eigenvalue weighted by atomic mass is 10.1. The molecule has 2 N–H and O–H groups in total. The van der Waals surface area contributed by atoms with E-state index >= 15 is 0 Å². The fourth-order valence-electron chi connectivity index (χ4n) is 3.51. The highest BCUT2D eigenvalue weighted by molar-refractivity contribution is 5.92. The number of nitrogens with zero attached hydrogens (tertiary/aromatic N) is 4. The van der Waals surface area contributed by atoms with Gasteiger partial charge in [-0.2, -0.15) is 13.2 Å². The molecule has 0 aliphatic heterocycles. The number of halogens is 3. The van der Waals surface area contributed by atoms with Gasteiger partial charge in [0.25, 0.3) is 5.91 Å². The van der Waals surface area contributed by atoms with Crippen molar-refractivity contribution in [3.05, 3.63) is 66.2 Å². The van der Waals surface area contributed by atoms with Crippen molar-refractivity contribution in [2.45, 2.75) is 25.9 Å². The number of carbonyl (C=O) groups excluding carboxylic acids is 2. The molecule has 0 unspecified atom stereocenters. The fraction of sp³-hybridized carbons (Fsp3) is 0.208. The Balaban J connectivity index is 1.60. The van der Waals surface area contributed by atoms with E-state index in [9.17, 15) is 22.8 Å². The Kier molecular flexibility index (Phi) is 6.50. The zero-order chi connectivity index (χ0) is 25.2. The Morgan fingerprint density at radius 3 is 2.60 bits per heavy atom. The summed E-state index contributed by atoms with van der Waals surface area (Å²) in [6, 6.07) is 12.0. The number of aryl methyl sites for hydroxylation is 1. The number of hydrogen-bond acceptors (Lipinski definition) is 5. The Labute approximate surface area is 198 Å². The van der Waals surface area contributed by atoms with E-state index in [4.69, 9.17) is 0 Å². The molecule has 0 spiro atoms. The van der Waals surface area contributed by atoms with Crippen LogP contribution >= 0.6 is 0 Å². The summed E-state index contributed by atoms with van der Waals surface area (Å²) in [6.45, 7) is 1.78. The van der Waals surface area contributed by atoms with Gasteiger partial charge in [0.2, 0.25) is 5.91 Å². The number of amides is 2. The zero-order valence-corrected chi connectivity index (χ0v) is 18.8. The number of fused-ring (bicyclic) bond motifs is 1. The summed E-state index contributed by atoms with van der Waals surface area (Å²) in [4.78, 5) is 37.1. The first kappa shape index (κ1) is 23.9. The summed E-state index contributed by atoms with van der Waals surface area (Å²) in [5, 5.41) is 5.05. The lowest BCUT2D eigenvalue weighted by Crippen LogP contribution is -2.20. The minimum absolute atomic E-state index is 0.257. The molecule has 0 saturated carbocycles. The average molecular weight is 482 g/mol. The Morgan fingerprint density at radius 1 is 1.06 bits per heavy atom. The second-order valence-electron chi connectivity index (χ2n) is 7.83. The third-order valence-electron chi connectivity index (χ3n) is 5.16. The van der Waals surface area contributed by atoms with Crippen LogP contribution in [0.4, 0.5) is 18.9 Å². The molecule has 0 aliphatic carbocycles. The van der Waals surface area contributed by atoms with E-state index in [1.54, 1.807) is 55.7 Å². The first-order chi connectivity index (χ1) is 16.6. The number of anilines is 1. The van der Waals surface area contributed by atoms with Crippen molar-refractivity contribution in [2.24, 2.45) is 0 Å². The van der Waals surface area contributed by atoms with Gasteiger partial charge in [-0.05, 0) is 37.3 Å². The normalized spacial score (nSPS) is 11.5. The van der Waals surface area contributed by atoms with Crippen LogP contribution in [0.5, 0.6) is 0 Å². The SMILES string of the molecule is CNC(=O)c1cc(C)nc(-c2ccn3c(-c4cccc(NC(=O)CCC(F)(F)F)c4)cnc3c2)n1. The molecule has 0 saturated heterocycles. The summed E-state index contributed by atoms with van der Waals surface area (Å²) >= 11 is 0. The maximum Gasteiger partial charge on any atom is 0.389 e. The molecule has 4 rings (SSSR count). The molecular formula is C24H21F3N6O2. The average Bonchev–Trinajstić information content (AvgIpc) is 3.25. The van der Waals surface area contributed by atoms with Gasteiger partial charge in [-0.3, -0.25) is 14.0 Å². The monoisotopic (exact) mass is 482 g/mol. The van der Waals surface area contributed by atoms with E-state index in [0.29, 0.717) is 39.7 Å². The van der Waals surface area contributed by atoms with Gasteiger partial charge < -0.3 is 10.6 Å². The molecular weight excluding hydrogens is 461 g/mol. The number of imidazole rings is 1. The van der Waals surface area contributed by atoms with Crippen LogP contribution in [0.15, 0.2) is 54.9 Å². The molecule has 11 heteroatoms. The predicted molar refractivity (Wildman–Crippen MR) is 124 cm³/mol. The molecule has 0 aliphatic rings. The highest BCUT2D eigenvalue weighted by Gasteiger charge is 2.27. The molecule has 8 nitrogen and oxygen atoms in total. The van der Waals surface area contributed by atoms with Crippen LogP contribution in [0.25, 0.3) is 28.3 Å². The van der Waals surface area contributed by atoms with Crippen molar-refractivity contribution in [1.29, 1.82) is 0 Å². The lowest BCUT2D eigenvalue weighted by molar-refractivity contribution is -0.142. The molecule has 35 heavy (non-hydrogen) atoms. The summed E-state index contributed by atoms with van der Waals surface area (Å²) in [7, 11) is 1.53. The van der Waals surface area contributed by atoms with E-state index < -0.39 is 24.9 Å². The predicted octanol–water partition coefficient (Wildman–Crippen LogP) is 4.41. The van der Waals surface area contributed by atoms with Crippen LogP contribution in [0.2, 0.25) is 0 Å². The number of alkyl halides is 3. The number of nitrogens with one attached hydrogen (secondary N) is 2. The summed E-state index contributed by atoms with van der Waals surface area (Å²) in [6.07, 6.45) is -2.77. The number of carbonyl (C=O) groups is 2. The molecule has 3 aromatic heterocycles. The third kappa shape index (κ3) is 5.62. The second-order valence-corrected chi connectivity index (χ2v) is 7.83. The highest BCUT2D eigenvalue weighted by atomic mass is 19.4. The standard InChI is InChI=1S/C24H21F3N6O2/c1-14-10-18(23(35)28-2)32-22(30-14)16-7-9-33-19(13-29-20(33)12-16)15-4-3-5-17(11-15)31-21(34)6-8-24(25,26)27/h3-5,7,9-13H,6,8H2,1-2H3,(H,28,35)(H,31,34). The second kappa shape index (κ2) is 9.53. The molecule has 180 valence electrons. The molecule has 1 aromatic carbocycles. The fourth-order valence-corrected chi connectivity index (χ4v) is 3.51. The summed E-state index contributed by atoms with van der Waals surface area (Å²) in [5.41, 5.74) is 4.00. The van der Waals surface area contributed by atoms with E-state index in [1.807, 2.05) is 10.5 Å². The number of rotatable bonds is 6. The molecule has 0 atom stereocenters. The van der Waals surface area contributed by atoms with Crippen molar-refractivity contribution in [3.8, 4) is 22.6 Å². The van der Waals surface area contributed by atoms with E-state index in [0.717, 1.165) is 0 Å². The van der Waals surface area contributed by atoms with Crippen LogP contribution in [0, 0.1) is 6.92 Å². The van der Waals surface area contributed by atoms with Crippen molar-refractivity contribution < 1.29 is 22.8 Å². The van der Waals surface area contributed by atoms with Gasteiger partial charge in [-0.1, -0.05) is 12.1 Å². The number of aromatic nitrogens is 4. The first-order valence-electron chi connectivity index (χ1n) is 10.7. The number of pyridine rings is 1. The maximum absolute atomic E-state index is 12.4. The third-order valence-corrected chi connectivity index (χ3v) is 5.16. The van der Waals surface area contributed by atoms with Gasteiger partial charge in [-0.15, -0.1) is 0 Å². The Hall–Kier alpha value is -4.28. The van der Waals surface area contributed by atoms with Crippen LogP contribution in [-0.4, -0.2) is 44.4 Å². The molecule has 3 heterocycles. The van der Waals surface area contributed by atoms with Crippen molar-refractivity contribution >= 4 is 23.1 Å². The van der Waals surface area contributed by atoms with Crippen molar-refractivity contribution in [3.63, 3.8) is 0 Å². The summed E-state index contributed by atoms with van der Waals surface area (Å²) < 4.78 is 38.9. The Morgan fingerprint density at radius 2 is 1.86 bits per heavy atom. The van der Waals surface area contributed by atoms with Crippen molar-refractivity contribution in [1.82, 2.24) is 24.7 Å². The van der Waals surface area contributed by atoms with Crippen LogP contribution in [0.1, 0.15) is 29.0 Å². The molecule has 0 radical (unpaired) electrons. The molecule has 4 aromatic rings. The van der Waals surface area contributed by atoms with Gasteiger partial charge in [0.15, 0.2) is 5.82 Å². The zero-order valence-electron chi connectivity index (χ0n) is 18.8. The van der Waals surface area contributed by atoms with E-state index in [1.165, 1.54) is 7.05 Å². The van der Waals surface area contributed by atoms with Gasteiger partial charge in [0.05, 0.1) is 18.3 Å². The van der Waals surface area contributed by atoms with E-state index in [-0.39, 0.29) is 11.6 Å². The molecule has 0 fully saturated rings. The highest BCUT2D eigenvalue weighted by Crippen LogP contribution is 2.27. The summed E-state index contributed by atoms with van der Waals surface area (Å²) in [5.74, 6) is -0.637. The van der Waals surface area contributed by atoms with E-state index in [2.05, 4.69) is 25.6 Å². The van der Waals surface area contributed by atoms with Crippen LogP contribution < -0.4 is 10.6 Å². The van der Waals surface area contributed by atoms with Gasteiger partial charge >= 0.3 is 6.18 Å². The van der Waals surface area contributed by atoms with Crippen LogP contribution in [0.3, 0.4) is 0 Å². The van der Waals surface area contributed by atoms with Gasteiger partial charge in [-0.25, -0.2) is 15.0 Å². The lowest BCUT2D eigenvalue weighted by Gasteiger charge is -2.09. The maximum atomic E-state index is 12.4. The van der Waals surface area contributed by atoms with Crippen molar-refractivity contribution in [2.75, 3.05) is 12.4 Å². The molecule has 0 bridgehead atoms. The Bertz CT molecular complexity index is 1410.